The zero-order chi connectivity index (χ0) is 11.1. The minimum absolute atomic E-state index is 0.248. The molecule has 0 spiro atoms. The molecule has 5 heteroatoms. The molecule has 0 amide bonds. The minimum Gasteiger partial charge on any atom is -0.382 e. The quantitative estimate of drug-likeness (QED) is 0.580. The summed E-state index contributed by atoms with van der Waals surface area (Å²) in [5.41, 5.74) is 3.07. The van der Waals surface area contributed by atoms with Gasteiger partial charge in [0.15, 0.2) is 0 Å². The molecule has 0 saturated heterocycles. The Bertz CT molecular complexity index is 287. The maximum atomic E-state index is 12.7. The molecule has 3 nitrogen and oxygen atoms in total. The van der Waals surface area contributed by atoms with Gasteiger partial charge in [-0.2, -0.15) is 5.48 Å². The first-order chi connectivity index (χ1) is 7.22. The van der Waals surface area contributed by atoms with Crippen molar-refractivity contribution in [3.8, 4) is 0 Å². The Balaban J connectivity index is 2.31. The number of benzene rings is 1. The number of hydrogen-bond acceptors (Lipinski definition) is 3. The summed E-state index contributed by atoms with van der Waals surface area (Å²) in [5.74, 6) is -1.19. The average Bonchev–Trinajstić information content (AvgIpc) is 2.16. The zero-order valence-corrected chi connectivity index (χ0v) is 8.43. The van der Waals surface area contributed by atoms with Crippen LogP contribution in [0.1, 0.15) is 5.56 Å². The van der Waals surface area contributed by atoms with Gasteiger partial charge >= 0.3 is 0 Å². The highest BCUT2D eigenvalue weighted by Crippen LogP contribution is 2.07. The van der Waals surface area contributed by atoms with Crippen LogP contribution >= 0.6 is 0 Å². The molecule has 0 bridgehead atoms. The molecule has 1 aromatic carbocycles. The van der Waals surface area contributed by atoms with Gasteiger partial charge < -0.3 is 4.74 Å². The largest absolute Gasteiger partial charge is 0.382 e. The predicted molar refractivity (Wildman–Crippen MR) is 51.0 cm³/mol. The second-order valence-electron chi connectivity index (χ2n) is 2.94. The average molecular weight is 217 g/mol. The van der Waals surface area contributed by atoms with Crippen LogP contribution in [-0.2, 0) is 16.1 Å². The number of hydrogen-bond donors (Lipinski definition) is 1. The van der Waals surface area contributed by atoms with E-state index < -0.39 is 11.6 Å². The summed E-state index contributed by atoms with van der Waals surface area (Å²) in [7, 11) is 1.56. The van der Waals surface area contributed by atoms with Crippen LogP contribution in [0.25, 0.3) is 0 Å². The Labute approximate surface area is 87.0 Å². The van der Waals surface area contributed by atoms with E-state index in [1.165, 1.54) is 12.1 Å². The molecule has 15 heavy (non-hydrogen) atoms. The third-order valence-corrected chi connectivity index (χ3v) is 1.69. The van der Waals surface area contributed by atoms with Gasteiger partial charge in [-0.05, 0) is 17.7 Å². The van der Waals surface area contributed by atoms with Gasteiger partial charge in [0.05, 0.1) is 13.2 Å². The molecule has 0 saturated carbocycles. The van der Waals surface area contributed by atoms with E-state index in [1.807, 2.05) is 0 Å². The van der Waals surface area contributed by atoms with Crippen LogP contribution in [0.4, 0.5) is 8.78 Å². The van der Waals surface area contributed by atoms with Crippen molar-refractivity contribution in [2.24, 2.45) is 0 Å². The van der Waals surface area contributed by atoms with E-state index in [1.54, 1.807) is 7.11 Å². The van der Waals surface area contributed by atoms with Crippen molar-refractivity contribution >= 4 is 0 Å². The molecule has 1 N–H and O–H groups in total. The first-order valence-electron chi connectivity index (χ1n) is 4.51. The molecule has 84 valence electrons. The monoisotopic (exact) mass is 217 g/mol. The Morgan fingerprint density at radius 2 is 1.80 bits per heavy atom. The molecular weight excluding hydrogens is 204 g/mol. The van der Waals surface area contributed by atoms with Crippen molar-refractivity contribution in [3.63, 3.8) is 0 Å². The summed E-state index contributed by atoms with van der Waals surface area (Å²) in [4.78, 5) is 4.94. The molecule has 1 aromatic rings. The zero-order valence-electron chi connectivity index (χ0n) is 8.43. The number of methoxy groups -OCH3 is 1. The van der Waals surface area contributed by atoms with E-state index in [0.29, 0.717) is 18.8 Å². The van der Waals surface area contributed by atoms with Gasteiger partial charge in [-0.15, -0.1) is 0 Å². The standard InChI is InChI=1S/C10H13F2NO2/c1-14-2-3-15-13-7-8-4-9(11)6-10(12)5-8/h4-6,13H,2-3,7H2,1H3. The number of ether oxygens (including phenoxy) is 1. The lowest BCUT2D eigenvalue weighted by atomic mass is 10.2. The topological polar surface area (TPSA) is 30.5 Å². The SMILES string of the molecule is COCCONCc1cc(F)cc(F)c1. The normalized spacial score (nSPS) is 10.6. The van der Waals surface area contributed by atoms with E-state index in [2.05, 4.69) is 5.48 Å². The van der Waals surface area contributed by atoms with Crippen LogP contribution in [0.2, 0.25) is 0 Å². The molecule has 0 fully saturated rings. The van der Waals surface area contributed by atoms with Crippen LogP contribution in [0.5, 0.6) is 0 Å². The van der Waals surface area contributed by atoms with Crippen molar-refractivity contribution < 1.29 is 18.4 Å². The van der Waals surface area contributed by atoms with Gasteiger partial charge in [0.2, 0.25) is 0 Å². The van der Waals surface area contributed by atoms with Crippen LogP contribution in [0, 0.1) is 11.6 Å². The van der Waals surface area contributed by atoms with Crippen molar-refractivity contribution in [3.05, 3.63) is 35.4 Å². The van der Waals surface area contributed by atoms with E-state index >= 15 is 0 Å². The molecule has 0 atom stereocenters. The van der Waals surface area contributed by atoms with Gasteiger partial charge in [-0.1, -0.05) is 0 Å². The summed E-state index contributed by atoms with van der Waals surface area (Å²) in [6.45, 7) is 1.09. The van der Waals surface area contributed by atoms with Crippen LogP contribution in [0.3, 0.4) is 0 Å². The molecule has 0 heterocycles. The van der Waals surface area contributed by atoms with Gasteiger partial charge in [-0.3, -0.25) is 4.84 Å². The summed E-state index contributed by atoms with van der Waals surface area (Å²) in [5, 5.41) is 0. The molecular formula is C10H13F2NO2. The third-order valence-electron chi connectivity index (χ3n) is 1.69. The summed E-state index contributed by atoms with van der Waals surface area (Å²) >= 11 is 0. The minimum atomic E-state index is -0.594. The summed E-state index contributed by atoms with van der Waals surface area (Å²) < 4.78 is 30.2. The Morgan fingerprint density at radius 1 is 1.13 bits per heavy atom. The molecule has 1 rings (SSSR count). The van der Waals surface area contributed by atoms with Gasteiger partial charge in [0.25, 0.3) is 0 Å². The second-order valence-corrected chi connectivity index (χ2v) is 2.94. The fourth-order valence-corrected chi connectivity index (χ4v) is 1.04. The van der Waals surface area contributed by atoms with E-state index in [0.717, 1.165) is 6.07 Å². The fraction of sp³-hybridized carbons (Fsp3) is 0.400. The highest BCUT2D eigenvalue weighted by Gasteiger charge is 1.99. The van der Waals surface area contributed by atoms with Crippen LogP contribution < -0.4 is 5.48 Å². The molecule has 0 aliphatic rings. The van der Waals surface area contributed by atoms with Crippen LogP contribution in [0.15, 0.2) is 18.2 Å². The maximum absolute atomic E-state index is 12.7. The van der Waals surface area contributed by atoms with Crippen molar-refractivity contribution in [1.82, 2.24) is 5.48 Å². The predicted octanol–water partition coefficient (Wildman–Crippen LogP) is 1.63. The number of nitrogens with one attached hydrogen (secondary N) is 1. The highest BCUT2D eigenvalue weighted by atomic mass is 19.1. The van der Waals surface area contributed by atoms with Crippen molar-refractivity contribution in [2.45, 2.75) is 6.54 Å². The number of rotatable bonds is 6. The van der Waals surface area contributed by atoms with E-state index in [4.69, 9.17) is 9.57 Å². The van der Waals surface area contributed by atoms with Gasteiger partial charge in [0, 0.05) is 19.7 Å². The lowest BCUT2D eigenvalue weighted by Crippen LogP contribution is -2.17. The fourth-order valence-electron chi connectivity index (χ4n) is 1.04. The number of hydroxylamine groups is 1. The van der Waals surface area contributed by atoms with Crippen molar-refractivity contribution in [2.75, 3.05) is 20.3 Å². The molecule has 0 aliphatic heterocycles. The lowest BCUT2D eigenvalue weighted by Gasteiger charge is -2.05. The lowest BCUT2D eigenvalue weighted by molar-refractivity contribution is 0.00341. The molecule has 0 aliphatic carbocycles. The number of halogens is 2. The first-order valence-corrected chi connectivity index (χ1v) is 4.51. The Morgan fingerprint density at radius 3 is 2.40 bits per heavy atom. The van der Waals surface area contributed by atoms with Crippen LogP contribution in [-0.4, -0.2) is 20.3 Å². The molecule has 0 unspecified atom stereocenters. The molecule has 0 radical (unpaired) electrons. The summed E-state index contributed by atoms with van der Waals surface area (Å²) in [6.07, 6.45) is 0. The Kier molecular flexibility index (Phi) is 5.17. The van der Waals surface area contributed by atoms with Gasteiger partial charge in [0.1, 0.15) is 11.6 Å². The van der Waals surface area contributed by atoms with Gasteiger partial charge in [-0.25, -0.2) is 8.78 Å². The maximum Gasteiger partial charge on any atom is 0.126 e. The Hall–Kier alpha value is -1.04. The second kappa shape index (κ2) is 6.44. The van der Waals surface area contributed by atoms with E-state index in [9.17, 15) is 8.78 Å². The third kappa shape index (κ3) is 4.83. The van der Waals surface area contributed by atoms with E-state index in [-0.39, 0.29) is 6.54 Å². The van der Waals surface area contributed by atoms with Crippen molar-refractivity contribution in [1.29, 1.82) is 0 Å². The highest BCUT2D eigenvalue weighted by molar-refractivity contribution is 5.17. The summed E-state index contributed by atoms with van der Waals surface area (Å²) in [6, 6.07) is 3.32. The molecule has 0 aromatic heterocycles. The first kappa shape index (κ1) is 12.0. The smallest absolute Gasteiger partial charge is 0.126 e.